The highest BCUT2D eigenvalue weighted by molar-refractivity contribution is 5.88. The molecule has 0 atom stereocenters. The van der Waals surface area contributed by atoms with Crippen LogP contribution in [0.5, 0.6) is 5.75 Å². The summed E-state index contributed by atoms with van der Waals surface area (Å²) in [5, 5.41) is 18.5. The molecule has 3 heterocycles. The summed E-state index contributed by atoms with van der Waals surface area (Å²) in [5.74, 6) is 2.10. The van der Waals surface area contributed by atoms with Crippen molar-refractivity contribution in [2.45, 2.75) is 26.4 Å². The lowest BCUT2D eigenvalue weighted by molar-refractivity contribution is 0.141. The first-order valence-corrected chi connectivity index (χ1v) is 7.30. The molecule has 112 valence electrons. The number of nitrogens with zero attached hydrogens (tertiary/aromatic N) is 4. The van der Waals surface area contributed by atoms with Crippen LogP contribution in [0.25, 0.3) is 10.9 Å². The summed E-state index contributed by atoms with van der Waals surface area (Å²) in [7, 11) is 0. The largest absolute Gasteiger partial charge is 0.492 e. The van der Waals surface area contributed by atoms with Crippen LogP contribution in [0.15, 0.2) is 18.5 Å². The monoisotopic (exact) mass is 288 g/mol. The molecule has 0 amide bonds. The third kappa shape index (κ3) is 3.05. The van der Waals surface area contributed by atoms with Crippen molar-refractivity contribution in [1.29, 1.82) is 0 Å². The Morgan fingerprint density at radius 2 is 2.19 bits per heavy atom. The van der Waals surface area contributed by atoms with Gasteiger partial charge in [-0.15, -0.1) is 5.10 Å². The molecule has 6 heteroatoms. The number of aliphatic hydroxyl groups is 1. The zero-order valence-electron chi connectivity index (χ0n) is 12.4. The Kier molecular flexibility index (Phi) is 3.88. The van der Waals surface area contributed by atoms with Crippen LogP contribution in [0.3, 0.4) is 0 Å². The SMILES string of the molecule is CC(C)CCOc1cnc2c(N3CC(O)C3)nncc2c1. The molecule has 0 spiro atoms. The molecule has 0 radical (unpaired) electrons. The van der Waals surface area contributed by atoms with Crippen molar-refractivity contribution < 1.29 is 9.84 Å². The van der Waals surface area contributed by atoms with E-state index in [4.69, 9.17) is 4.74 Å². The van der Waals surface area contributed by atoms with Crippen LogP contribution in [0, 0.1) is 5.92 Å². The van der Waals surface area contributed by atoms with E-state index >= 15 is 0 Å². The van der Waals surface area contributed by atoms with Crippen LogP contribution in [-0.4, -0.2) is 46.1 Å². The maximum atomic E-state index is 9.41. The van der Waals surface area contributed by atoms with E-state index in [1.807, 2.05) is 11.0 Å². The number of rotatable bonds is 5. The van der Waals surface area contributed by atoms with Gasteiger partial charge in [0.25, 0.3) is 0 Å². The van der Waals surface area contributed by atoms with Gasteiger partial charge in [-0.3, -0.25) is 0 Å². The van der Waals surface area contributed by atoms with Crippen LogP contribution < -0.4 is 9.64 Å². The second-order valence-corrected chi connectivity index (χ2v) is 5.87. The quantitative estimate of drug-likeness (QED) is 0.901. The molecular weight excluding hydrogens is 268 g/mol. The van der Waals surface area contributed by atoms with Gasteiger partial charge in [-0.1, -0.05) is 13.8 Å². The average Bonchev–Trinajstić information content (AvgIpc) is 2.43. The van der Waals surface area contributed by atoms with E-state index in [0.717, 1.165) is 28.9 Å². The van der Waals surface area contributed by atoms with Crippen LogP contribution in [0.4, 0.5) is 5.82 Å². The molecule has 1 fully saturated rings. The van der Waals surface area contributed by atoms with Gasteiger partial charge in [0, 0.05) is 18.5 Å². The van der Waals surface area contributed by atoms with Crippen molar-refractivity contribution in [1.82, 2.24) is 15.2 Å². The molecule has 1 N–H and O–H groups in total. The van der Waals surface area contributed by atoms with Crippen LogP contribution in [-0.2, 0) is 0 Å². The topological polar surface area (TPSA) is 71.4 Å². The van der Waals surface area contributed by atoms with Gasteiger partial charge in [0.1, 0.15) is 11.3 Å². The fraction of sp³-hybridized carbons (Fsp3) is 0.533. The Morgan fingerprint density at radius 1 is 1.38 bits per heavy atom. The fourth-order valence-electron chi connectivity index (χ4n) is 2.27. The summed E-state index contributed by atoms with van der Waals surface area (Å²) in [5.41, 5.74) is 0.799. The number of hydrogen-bond acceptors (Lipinski definition) is 6. The Morgan fingerprint density at radius 3 is 2.90 bits per heavy atom. The predicted molar refractivity (Wildman–Crippen MR) is 80.5 cm³/mol. The van der Waals surface area contributed by atoms with Crippen molar-refractivity contribution in [2.75, 3.05) is 24.6 Å². The van der Waals surface area contributed by atoms with Crippen molar-refractivity contribution in [3.05, 3.63) is 18.5 Å². The third-order valence-electron chi connectivity index (χ3n) is 3.58. The van der Waals surface area contributed by atoms with Crippen LogP contribution in [0.1, 0.15) is 20.3 Å². The van der Waals surface area contributed by atoms with E-state index in [2.05, 4.69) is 29.0 Å². The van der Waals surface area contributed by atoms with E-state index in [0.29, 0.717) is 25.6 Å². The number of aliphatic hydroxyl groups excluding tert-OH is 1. The number of β-amino-alcohol motifs (C(OH)–C–C–N with tert-alkyl or cyclic N) is 1. The maximum Gasteiger partial charge on any atom is 0.178 e. The lowest BCUT2D eigenvalue weighted by Gasteiger charge is -2.36. The molecule has 0 saturated carbocycles. The van der Waals surface area contributed by atoms with Crippen molar-refractivity contribution in [3.8, 4) is 5.75 Å². The fourth-order valence-corrected chi connectivity index (χ4v) is 2.27. The molecule has 1 saturated heterocycles. The number of ether oxygens (including phenoxy) is 1. The number of hydrogen-bond donors (Lipinski definition) is 1. The number of anilines is 1. The van der Waals surface area contributed by atoms with E-state index < -0.39 is 0 Å². The molecule has 1 aliphatic heterocycles. The number of fused-ring (bicyclic) bond motifs is 1. The van der Waals surface area contributed by atoms with Gasteiger partial charge in [-0.25, -0.2) is 4.98 Å². The van der Waals surface area contributed by atoms with Crippen LogP contribution in [0.2, 0.25) is 0 Å². The molecule has 2 aromatic heterocycles. The Labute approximate surface area is 123 Å². The first kappa shape index (κ1) is 14.0. The van der Waals surface area contributed by atoms with E-state index in [9.17, 15) is 5.11 Å². The minimum Gasteiger partial charge on any atom is -0.492 e. The van der Waals surface area contributed by atoms with Crippen molar-refractivity contribution >= 4 is 16.7 Å². The highest BCUT2D eigenvalue weighted by Gasteiger charge is 2.27. The normalized spacial score (nSPS) is 15.5. The highest BCUT2D eigenvalue weighted by atomic mass is 16.5. The number of aromatic nitrogens is 3. The first-order chi connectivity index (χ1) is 10.1. The summed E-state index contributed by atoms with van der Waals surface area (Å²) < 4.78 is 5.72. The Bertz CT molecular complexity index is 626. The molecule has 0 bridgehead atoms. The van der Waals surface area contributed by atoms with E-state index in [1.165, 1.54) is 0 Å². The Balaban J connectivity index is 1.79. The molecule has 21 heavy (non-hydrogen) atoms. The molecular formula is C15H20N4O2. The average molecular weight is 288 g/mol. The minimum atomic E-state index is -0.277. The summed E-state index contributed by atoms with van der Waals surface area (Å²) in [4.78, 5) is 6.43. The van der Waals surface area contributed by atoms with Gasteiger partial charge in [0.2, 0.25) is 0 Å². The molecule has 0 aromatic carbocycles. The number of pyridine rings is 1. The highest BCUT2D eigenvalue weighted by Crippen LogP contribution is 2.27. The zero-order chi connectivity index (χ0) is 14.8. The third-order valence-corrected chi connectivity index (χ3v) is 3.58. The summed E-state index contributed by atoms with van der Waals surface area (Å²) in [6.07, 6.45) is 4.16. The van der Waals surface area contributed by atoms with E-state index in [-0.39, 0.29) is 6.10 Å². The zero-order valence-corrected chi connectivity index (χ0v) is 12.4. The predicted octanol–water partition coefficient (Wildman–Crippen LogP) is 1.63. The molecule has 2 aromatic rings. The van der Waals surface area contributed by atoms with E-state index in [1.54, 1.807) is 12.4 Å². The molecule has 3 rings (SSSR count). The van der Waals surface area contributed by atoms with Gasteiger partial charge >= 0.3 is 0 Å². The van der Waals surface area contributed by atoms with Crippen molar-refractivity contribution in [3.63, 3.8) is 0 Å². The summed E-state index contributed by atoms with van der Waals surface area (Å²) in [6.45, 7) is 6.20. The standard InChI is InChI=1S/C15H20N4O2/c1-10(2)3-4-21-13-5-11-6-17-18-15(14(11)16-7-13)19-8-12(20)9-19/h5-7,10,12,20H,3-4,8-9H2,1-2H3. The summed E-state index contributed by atoms with van der Waals surface area (Å²) in [6, 6.07) is 1.94. The lowest BCUT2D eigenvalue weighted by atomic mass is 10.1. The van der Waals surface area contributed by atoms with Gasteiger partial charge in [0.05, 0.1) is 25.1 Å². The van der Waals surface area contributed by atoms with Crippen LogP contribution >= 0.6 is 0 Å². The summed E-state index contributed by atoms with van der Waals surface area (Å²) >= 11 is 0. The molecule has 0 aliphatic carbocycles. The van der Waals surface area contributed by atoms with Gasteiger partial charge in [0.15, 0.2) is 5.82 Å². The molecule has 1 aliphatic rings. The van der Waals surface area contributed by atoms with Gasteiger partial charge in [-0.05, 0) is 18.4 Å². The second kappa shape index (κ2) is 5.81. The Hall–Kier alpha value is -1.95. The smallest absolute Gasteiger partial charge is 0.178 e. The first-order valence-electron chi connectivity index (χ1n) is 7.30. The van der Waals surface area contributed by atoms with Gasteiger partial charge < -0.3 is 14.7 Å². The maximum absolute atomic E-state index is 9.41. The second-order valence-electron chi connectivity index (χ2n) is 5.87. The van der Waals surface area contributed by atoms with Crippen molar-refractivity contribution in [2.24, 2.45) is 5.92 Å². The molecule has 6 nitrogen and oxygen atoms in total. The van der Waals surface area contributed by atoms with Gasteiger partial charge in [-0.2, -0.15) is 5.10 Å². The molecule has 0 unspecified atom stereocenters. The minimum absolute atomic E-state index is 0.277. The lowest BCUT2D eigenvalue weighted by Crippen LogP contribution is -2.51.